The molecule has 1 aliphatic rings. The number of rotatable bonds is 2. The van der Waals surface area contributed by atoms with Crippen molar-refractivity contribution in [2.75, 3.05) is 0 Å². The Labute approximate surface area is 99.8 Å². The average Bonchev–Trinajstić information content (AvgIpc) is 2.76. The van der Waals surface area contributed by atoms with Gasteiger partial charge in [-0.05, 0) is 19.8 Å². The van der Waals surface area contributed by atoms with Gasteiger partial charge in [-0.2, -0.15) is 5.26 Å². The van der Waals surface area contributed by atoms with Gasteiger partial charge in [0.15, 0.2) is 0 Å². The molecule has 0 bridgehead atoms. The fourth-order valence-electron chi connectivity index (χ4n) is 2.36. The fraction of sp³-hybridized carbons (Fsp3) is 0.667. The summed E-state index contributed by atoms with van der Waals surface area (Å²) in [5.41, 5.74) is 0.325. The van der Waals surface area contributed by atoms with Crippen LogP contribution in [0.15, 0.2) is 5.38 Å². The molecular weight excluding hydrogens is 220 g/mol. The van der Waals surface area contributed by atoms with Gasteiger partial charge in [-0.25, -0.2) is 4.98 Å². The standard InChI is InChI=1S/C12H16N2OS/c1-9-7-16-11(14-9)10(15)12(8-13)5-3-2-4-6-12/h7,10,15H,2-6H2,1H3. The topological polar surface area (TPSA) is 56.9 Å². The van der Waals surface area contributed by atoms with E-state index in [0.717, 1.165) is 31.4 Å². The van der Waals surface area contributed by atoms with Crippen LogP contribution in [0.3, 0.4) is 0 Å². The fourth-order valence-corrected chi connectivity index (χ4v) is 3.26. The molecule has 1 aromatic heterocycles. The van der Waals surface area contributed by atoms with Crippen LogP contribution in [-0.2, 0) is 0 Å². The second-order valence-corrected chi connectivity index (χ2v) is 5.45. The molecule has 3 nitrogen and oxygen atoms in total. The number of hydrogen-bond acceptors (Lipinski definition) is 4. The number of aryl methyl sites for hydroxylation is 1. The van der Waals surface area contributed by atoms with E-state index in [1.54, 1.807) is 0 Å². The van der Waals surface area contributed by atoms with Gasteiger partial charge >= 0.3 is 0 Å². The molecule has 0 radical (unpaired) electrons. The van der Waals surface area contributed by atoms with Gasteiger partial charge in [-0.1, -0.05) is 19.3 Å². The van der Waals surface area contributed by atoms with Crippen LogP contribution >= 0.6 is 11.3 Å². The SMILES string of the molecule is Cc1csc(C(O)C2(C#N)CCCCC2)n1. The Balaban J connectivity index is 2.24. The lowest BCUT2D eigenvalue weighted by molar-refractivity contribution is 0.0357. The second-order valence-electron chi connectivity index (χ2n) is 4.56. The van der Waals surface area contributed by atoms with E-state index in [1.807, 2.05) is 12.3 Å². The normalized spacial score (nSPS) is 21.3. The number of nitriles is 1. The van der Waals surface area contributed by atoms with Crippen molar-refractivity contribution in [1.82, 2.24) is 4.98 Å². The van der Waals surface area contributed by atoms with Crippen molar-refractivity contribution in [3.05, 3.63) is 16.1 Å². The number of thiazole rings is 1. The molecule has 1 unspecified atom stereocenters. The van der Waals surface area contributed by atoms with Crippen LogP contribution in [0.4, 0.5) is 0 Å². The molecule has 1 fully saturated rings. The van der Waals surface area contributed by atoms with E-state index in [9.17, 15) is 10.4 Å². The largest absolute Gasteiger partial charge is 0.384 e. The van der Waals surface area contributed by atoms with Gasteiger partial charge in [0.2, 0.25) is 0 Å². The van der Waals surface area contributed by atoms with E-state index < -0.39 is 11.5 Å². The highest BCUT2D eigenvalue weighted by Crippen LogP contribution is 2.46. The quantitative estimate of drug-likeness (QED) is 0.858. The number of aliphatic hydroxyl groups is 1. The van der Waals surface area contributed by atoms with E-state index in [-0.39, 0.29) is 0 Å². The third-order valence-corrected chi connectivity index (χ3v) is 4.38. The molecule has 2 rings (SSSR count). The van der Waals surface area contributed by atoms with Gasteiger partial charge in [0.05, 0.1) is 11.5 Å². The Morgan fingerprint density at radius 1 is 1.50 bits per heavy atom. The summed E-state index contributed by atoms with van der Waals surface area (Å²) in [6.07, 6.45) is 4.13. The Kier molecular flexibility index (Phi) is 3.27. The van der Waals surface area contributed by atoms with E-state index in [1.165, 1.54) is 17.8 Å². The molecule has 16 heavy (non-hydrogen) atoms. The van der Waals surface area contributed by atoms with E-state index in [0.29, 0.717) is 5.01 Å². The van der Waals surface area contributed by atoms with Crippen molar-refractivity contribution in [1.29, 1.82) is 5.26 Å². The first kappa shape index (κ1) is 11.6. The minimum absolute atomic E-state index is 0.595. The molecule has 0 aliphatic heterocycles. The Bertz CT molecular complexity index is 401. The summed E-state index contributed by atoms with van der Waals surface area (Å²) >= 11 is 1.45. The Morgan fingerprint density at radius 2 is 2.19 bits per heavy atom. The zero-order chi connectivity index (χ0) is 11.6. The molecule has 1 aliphatic carbocycles. The van der Waals surface area contributed by atoms with Crippen molar-refractivity contribution < 1.29 is 5.11 Å². The lowest BCUT2D eigenvalue weighted by atomic mass is 9.71. The van der Waals surface area contributed by atoms with Gasteiger partial charge in [0.25, 0.3) is 0 Å². The third kappa shape index (κ3) is 1.98. The minimum Gasteiger partial charge on any atom is -0.384 e. The van der Waals surface area contributed by atoms with Crippen LogP contribution in [0.1, 0.15) is 48.9 Å². The summed E-state index contributed by atoms with van der Waals surface area (Å²) in [7, 11) is 0. The molecule has 1 atom stereocenters. The van der Waals surface area contributed by atoms with E-state index >= 15 is 0 Å². The highest BCUT2D eigenvalue weighted by molar-refractivity contribution is 7.09. The van der Waals surface area contributed by atoms with Crippen LogP contribution in [0.25, 0.3) is 0 Å². The number of aromatic nitrogens is 1. The monoisotopic (exact) mass is 236 g/mol. The summed E-state index contributed by atoms with van der Waals surface area (Å²) in [5.74, 6) is 0. The van der Waals surface area contributed by atoms with E-state index in [4.69, 9.17) is 0 Å². The summed E-state index contributed by atoms with van der Waals surface area (Å²) in [4.78, 5) is 4.30. The molecule has 0 spiro atoms. The molecule has 0 aromatic carbocycles. The second kappa shape index (κ2) is 4.52. The zero-order valence-corrected chi connectivity index (χ0v) is 10.3. The summed E-state index contributed by atoms with van der Waals surface area (Å²) in [5, 5.41) is 22.3. The summed E-state index contributed by atoms with van der Waals surface area (Å²) in [6, 6.07) is 2.34. The highest BCUT2D eigenvalue weighted by Gasteiger charge is 2.41. The number of hydrogen-bond donors (Lipinski definition) is 1. The number of aliphatic hydroxyl groups excluding tert-OH is 1. The third-order valence-electron chi connectivity index (χ3n) is 3.36. The molecule has 1 aromatic rings. The van der Waals surface area contributed by atoms with Crippen molar-refractivity contribution >= 4 is 11.3 Å². The summed E-state index contributed by atoms with van der Waals surface area (Å²) < 4.78 is 0. The van der Waals surface area contributed by atoms with Crippen LogP contribution in [0.5, 0.6) is 0 Å². The molecule has 86 valence electrons. The first-order chi connectivity index (χ1) is 7.68. The highest BCUT2D eigenvalue weighted by atomic mass is 32.1. The molecule has 1 N–H and O–H groups in total. The van der Waals surface area contributed by atoms with Gasteiger partial charge < -0.3 is 5.11 Å². The van der Waals surface area contributed by atoms with Crippen LogP contribution in [-0.4, -0.2) is 10.1 Å². The van der Waals surface area contributed by atoms with E-state index in [2.05, 4.69) is 11.1 Å². The smallest absolute Gasteiger partial charge is 0.124 e. The van der Waals surface area contributed by atoms with Gasteiger partial charge in [-0.3, -0.25) is 0 Å². The van der Waals surface area contributed by atoms with Crippen molar-refractivity contribution in [3.8, 4) is 6.07 Å². The van der Waals surface area contributed by atoms with Crippen molar-refractivity contribution in [2.24, 2.45) is 5.41 Å². The van der Waals surface area contributed by atoms with Crippen LogP contribution < -0.4 is 0 Å². The zero-order valence-electron chi connectivity index (χ0n) is 9.44. The Morgan fingerprint density at radius 3 is 2.69 bits per heavy atom. The first-order valence-corrected chi connectivity index (χ1v) is 6.57. The van der Waals surface area contributed by atoms with Crippen molar-refractivity contribution in [3.63, 3.8) is 0 Å². The van der Waals surface area contributed by atoms with Crippen molar-refractivity contribution in [2.45, 2.75) is 45.1 Å². The van der Waals surface area contributed by atoms with Crippen LogP contribution in [0.2, 0.25) is 0 Å². The molecule has 4 heteroatoms. The van der Waals surface area contributed by atoms with Gasteiger partial charge in [0, 0.05) is 11.1 Å². The van der Waals surface area contributed by atoms with Gasteiger partial charge in [0.1, 0.15) is 11.1 Å². The predicted molar refractivity (Wildman–Crippen MR) is 62.9 cm³/mol. The average molecular weight is 236 g/mol. The van der Waals surface area contributed by atoms with Gasteiger partial charge in [-0.15, -0.1) is 11.3 Å². The molecule has 0 saturated heterocycles. The number of nitrogens with zero attached hydrogens (tertiary/aromatic N) is 2. The maximum Gasteiger partial charge on any atom is 0.124 e. The maximum atomic E-state index is 10.3. The Hall–Kier alpha value is -0.920. The molecule has 1 heterocycles. The van der Waals surface area contributed by atoms with Crippen LogP contribution in [0, 0.1) is 23.7 Å². The summed E-state index contributed by atoms with van der Waals surface area (Å²) in [6.45, 7) is 1.91. The first-order valence-electron chi connectivity index (χ1n) is 5.69. The molecule has 0 amide bonds. The lowest BCUT2D eigenvalue weighted by Crippen LogP contribution is -2.29. The molecular formula is C12H16N2OS. The minimum atomic E-state index is -0.712. The molecule has 1 saturated carbocycles. The maximum absolute atomic E-state index is 10.3. The lowest BCUT2D eigenvalue weighted by Gasteiger charge is -2.33. The predicted octanol–water partition coefficient (Wildman–Crippen LogP) is 2.96.